The standard InChI is InChI=1S/C47H31N3O/c1-47(2)37-24-23-33-32-18-8-11-22-42(32)51-45(33)43(37)36-26-35-31-17-7-10-21-40(31)50(41(35)27-38(36)47)30-16-12-15-29(25-30)46-48-39-20-9-6-19-34(39)44(49-46)28-13-4-3-5-14-28/h3-27H,1-2H3. The Balaban J connectivity index is 1.14. The number of aromatic nitrogens is 3. The van der Waals surface area contributed by atoms with Crippen molar-refractivity contribution in [3.8, 4) is 39.5 Å². The Kier molecular flexibility index (Phi) is 5.70. The maximum Gasteiger partial charge on any atom is 0.160 e. The van der Waals surface area contributed by atoms with Crippen LogP contribution in [0.2, 0.25) is 0 Å². The molecule has 0 atom stereocenters. The predicted molar refractivity (Wildman–Crippen MR) is 210 cm³/mol. The van der Waals surface area contributed by atoms with Gasteiger partial charge in [0, 0.05) is 54.7 Å². The second kappa shape index (κ2) is 10.3. The molecule has 3 aromatic heterocycles. The minimum absolute atomic E-state index is 0.206. The van der Waals surface area contributed by atoms with Crippen LogP contribution in [-0.2, 0) is 5.41 Å². The van der Waals surface area contributed by atoms with Crippen molar-refractivity contribution in [2.45, 2.75) is 19.3 Å². The number of hydrogen-bond donors (Lipinski definition) is 0. The zero-order chi connectivity index (χ0) is 33.8. The molecular weight excluding hydrogens is 623 g/mol. The van der Waals surface area contributed by atoms with Gasteiger partial charge in [-0.1, -0.05) is 123 Å². The molecule has 4 heteroatoms. The fourth-order valence-corrected chi connectivity index (χ4v) is 8.55. The van der Waals surface area contributed by atoms with Crippen LogP contribution in [0.1, 0.15) is 25.0 Å². The topological polar surface area (TPSA) is 43.9 Å². The van der Waals surface area contributed by atoms with E-state index in [0.29, 0.717) is 5.82 Å². The summed E-state index contributed by atoms with van der Waals surface area (Å²) in [6.45, 7) is 4.68. The number of nitrogens with zero attached hydrogens (tertiary/aromatic N) is 3. The molecule has 0 aliphatic heterocycles. The Bertz CT molecular complexity index is 3060. The van der Waals surface area contributed by atoms with E-state index in [1.54, 1.807) is 0 Å². The Hall–Kier alpha value is -6.52. The highest BCUT2D eigenvalue weighted by molar-refractivity contribution is 6.15. The number of fused-ring (bicyclic) bond motifs is 11. The molecule has 0 saturated heterocycles. The van der Waals surface area contributed by atoms with Gasteiger partial charge in [0.05, 0.1) is 22.2 Å². The van der Waals surface area contributed by atoms with Gasteiger partial charge in [-0.15, -0.1) is 0 Å². The van der Waals surface area contributed by atoms with Gasteiger partial charge in [0.2, 0.25) is 0 Å². The van der Waals surface area contributed by atoms with Crippen molar-refractivity contribution in [2.24, 2.45) is 0 Å². The molecule has 11 rings (SSSR count). The Morgan fingerprint density at radius 1 is 0.529 bits per heavy atom. The predicted octanol–water partition coefficient (Wildman–Crippen LogP) is 12.3. The summed E-state index contributed by atoms with van der Waals surface area (Å²) in [5.74, 6) is 0.711. The minimum Gasteiger partial charge on any atom is -0.455 e. The Labute approximate surface area is 294 Å². The fourth-order valence-electron chi connectivity index (χ4n) is 8.55. The largest absolute Gasteiger partial charge is 0.455 e. The van der Waals surface area contributed by atoms with Crippen molar-refractivity contribution in [1.82, 2.24) is 14.5 Å². The maximum atomic E-state index is 6.62. The van der Waals surface area contributed by atoms with Gasteiger partial charge in [-0.25, -0.2) is 9.97 Å². The van der Waals surface area contributed by atoms with Gasteiger partial charge in [-0.2, -0.15) is 0 Å². The highest BCUT2D eigenvalue weighted by Crippen LogP contribution is 2.54. The lowest BCUT2D eigenvalue weighted by molar-refractivity contribution is 0.653. The van der Waals surface area contributed by atoms with Gasteiger partial charge in [-0.3, -0.25) is 0 Å². The molecule has 10 aromatic rings. The van der Waals surface area contributed by atoms with Crippen LogP contribution in [0.25, 0.3) is 94.1 Å². The van der Waals surface area contributed by atoms with Crippen molar-refractivity contribution in [3.63, 3.8) is 0 Å². The highest BCUT2D eigenvalue weighted by Gasteiger charge is 2.38. The molecule has 0 radical (unpaired) electrons. The molecule has 1 aliphatic rings. The van der Waals surface area contributed by atoms with Crippen LogP contribution < -0.4 is 0 Å². The molecule has 0 saturated carbocycles. The molecule has 0 fully saturated rings. The number of hydrogen-bond acceptors (Lipinski definition) is 3. The molecule has 0 N–H and O–H groups in total. The number of para-hydroxylation sites is 3. The first-order chi connectivity index (χ1) is 25.0. The van der Waals surface area contributed by atoms with Crippen molar-refractivity contribution < 1.29 is 4.42 Å². The molecule has 1 aliphatic carbocycles. The smallest absolute Gasteiger partial charge is 0.160 e. The molecule has 0 amide bonds. The third-order valence-corrected chi connectivity index (χ3v) is 11.0. The van der Waals surface area contributed by atoms with Crippen LogP contribution >= 0.6 is 0 Å². The second-order valence-electron chi connectivity index (χ2n) is 14.2. The van der Waals surface area contributed by atoms with E-state index in [1.165, 1.54) is 43.9 Å². The van der Waals surface area contributed by atoms with Crippen molar-refractivity contribution in [2.75, 3.05) is 0 Å². The summed E-state index contributed by atoms with van der Waals surface area (Å²) >= 11 is 0. The summed E-state index contributed by atoms with van der Waals surface area (Å²) in [6, 6.07) is 53.8. The van der Waals surface area contributed by atoms with Crippen LogP contribution in [0.5, 0.6) is 0 Å². The molecular formula is C47H31N3O. The van der Waals surface area contributed by atoms with Crippen LogP contribution in [-0.4, -0.2) is 14.5 Å². The molecule has 7 aromatic carbocycles. The van der Waals surface area contributed by atoms with E-state index in [-0.39, 0.29) is 5.41 Å². The summed E-state index contributed by atoms with van der Waals surface area (Å²) in [4.78, 5) is 10.3. The molecule has 0 spiro atoms. The third-order valence-electron chi connectivity index (χ3n) is 11.0. The van der Waals surface area contributed by atoms with Crippen LogP contribution in [0, 0.1) is 0 Å². The van der Waals surface area contributed by atoms with Gasteiger partial charge in [0.1, 0.15) is 11.2 Å². The lowest BCUT2D eigenvalue weighted by Gasteiger charge is -2.21. The molecule has 240 valence electrons. The average Bonchev–Trinajstić information content (AvgIpc) is 3.79. The van der Waals surface area contributed by atoms with E-state index in [1.807, 2.05) is 18.2 Å². The summed E-state index contributed by atoms with van der Waals surface area (Å²) < 4.78 is 9.03. The molecule has 0 bridgehead atoms. The van der Waals surface area contributed by atoms with E-state index in [2.05, 4.69) is 152 Å². The van der Waals surface area contributed by atoms with Gasteiger partial charge in [0.25, 0.3) is 0 Å². The van der Waals surface area contributed by atoms with E-state index >= 15 is 0 Å². The van der Waals surface area contributed by atoms with Crippen LogP contribution in [0.4, 0.5) is 0 Å². The lowest BCUT2D eigenvalue weighted by Crippen LogP contribution is -2.15. The fraction of sp³-hybridized carbons (Fsp3) is 0.0638. The minimum atomic E-state index is -0.206. The quantitative estimate of drug-likeness (QED) is 0.191. The Morgan fingerprint density at radius 3 is 2.16 bits per heavy atom. The zero-order valence-electron chi connectivity index (χ0n) is 28.2. The van der Waals surface area contributed by atoms with Crippen molar-refractivity contribution in [3.05, 3.63) is 163 Å². The summed E-state index contributed by atoms with van der Waals surface area (Å²) in [5, 5.41) is 5.81. The number of benzene rings is 7. The second-order valence-corrected chi connectivity index (χ2v) is 14.2. The van der Waals surface area contributed by atoms with Crippen LogP contribution in [0.3, 0.4) is 0 Å². The summed E-state index contributed by atoms with van der Waals surface area (Å²) in [6.07, 6.45) is 0. The van der Waals surface area contributed by atoms with E-state index in [4.69, 9.17) is 14.4 Å². The zero-order valence-corrected chi connectivity index (χ0v) is 28.2. The van der Waals surface area contributed by atoms with E-state index in [9.17, 15) is 0 Å². The first-order valence-electron chi connectivity index (χ1n) is 17.5. The lowest BCUT2D eigenvalue weighted by atomic mass is 9.82. The summed E-state index contributed by atoms with van der Waals surface area (Å²) in [7, 11) is 0. The molecule has 51 heavy (non-hydrogen) atoms. The van der Waals surface area contributed by atoms with Crippen molar-refractivity contribution >= 4 is 54.6 Å². The third kappa shape index (κ3) is 3.96. The van der Waals surface area contributed by atoms with Crippen LogP contribution in [0.15, 0.2) is 156 Å². The van der Waals surface area contributed by atoms with E-state index in [0.717, 1.165) is 55.5 Å². The molecule has 4 nitrogen and oxygen atoms in total. The monoisotopic (exact) mass is 653 g/mol. The molecule has 3 heterocycles. The maximum absolute atomic E-state index is 6.62. The first-order valence-corrected chi connectivity index (χ1v) is 17.5. The van der Waals surface area contributed by atoms with Crippen molar-refractivity contribution in [1.29, 1.82) is 0 Å². The normalized spacial score (nSPS) is 13.5. The first kappa shape index (κ1) is 28.3. The number of rotatable bonds is 3. The Morgan fingerprint density at radius 2 is 1.27 bits per heavy atom. The highest BCUT2D eigenvalue weighted by atomic mass is 16.3. The van der Waals surface area contributed by atoms with Gasteiger partial charge in [0.15, 0.2) is 5.82 Å². The summed E-state index contributed by atoms with van der Waals surface area (Å²) in [5.41, 5.74) is 14.1. The average molecular weight is 654 g/mol. The SMILES string of the molecule is CC1(C)c2cc3c(cc2-c2c1ccc1c2oc2ccccc21)c1ccccc1n3-c1cccc(-c2nc(-c3ccccc3)c3ccccc3n2)c1. The molecule has 0 unspecified atom stereocenters. The number of furan rings is 1. The van der Waals surface area contributed by atoms with Gasteiger partial charge in [-0.05, 0) is 59.2 Å². The van der Waals surface area contributed by atoms with Gasteiger partial charge >= 0.3 is 0 Å². The van der Waals surface area contributed by atoms with E-state index < -0.39 is 0 Å². The van der Waals surface area contributed by atoms with Gasteiger partial charge < -0.3 is 8.98 Å².